The molecule has 3 aromatic rings. The van der Waals surface area contributed by atoms with Crippen LogP contribution in [-0.4, -0.2) is 57.3 Å². The van der Waals surface area contributed by atoms with Crippen molar-refractivity contribution in [3.05, 3.63) is 72.8 Å². The number of rotatable bonds is 4. The Morgan fingerprint density at radius 1 is 1.22 bits per heavy atom. The first-order valence-corrected chi connectivity index (χ1v) is 12.2. The van der Waals surface area contributed by atoms with Crippen LogP contribution in [0.15, 0.2) is 39.5 Å². The molecule has 0 atom stereocenters. The van der Waals surface area contributed by atoms with Crippen molar-refractivity contribution in [2.45, 2.75) is 13.0 Å². The molecule has 2 aromatic carbocycles. The van der Waals surface area contributed by atoms with E-state index in [1.165, 1.54) is 6.07 Å². The van der Waals surface area contributed by atoms with Crippen molar-refractivity contribution in [1.82, 2.24) is 14.9 Å². The number of nitrogens with two attached hydrogens (primary N) is 1. The number of thiol groups is 1. The van der Waals surface area contributed by atoms with E-state index in [4.69, 9.17) is 33.4 Å². The van der Waals surface area contributed by atoms with Gasteiger partial charge in [0.15, 0.2) is 0 Å². The zero-order valence-corrected chi connectivity index (χ0v) is 25.9. The number of piperazine rings is 1. The maximum absolute atomic E-state index is 12.9. The number of hydrogen-bond acceptors (Lipinski definition) is 8. The molecule has 0 bridgehead atoms. The van der Waals surface area contributed by atoms with Crippen molar-refractivity contribution < 1.29 is 42.2 Å². The molecule has 1 saturated heterocycles. The molecule has 0 unspecified atom stereocenters. The number of fused-ring (bicyclic) bond motifs is 1. The molecule has 0 amide bonds. The molecular weight excluding hydrogens is 598 g/mol. The Kier molecular flexibility index (Phi) is 15.5. The van der Waals surface area contributed by atoms with E-state index >= 15 is 0 Å². The molecule has 0 spiro atoms. The summed E-state index contributed by atoms with van der Waals surface area (Å²) in [6.45, 7) is 4.08. The molecule has 0 aliphatic carbocycles. The zero-order chi connectivity index (χ0) is 26.0. The number of nitrogens with zero attached hydrogens (tertiary/aromatic N) is 2. The molecular formula is C24H32Cl2N5O3SY-. The second kappa shape index (κ2) is 16.9. The average molecular weight is 630 g/mol. The van der Waals surface area contributed by atoms with Gasteiger partial charge in [-0.3, -0.25) is 9.62 Å². The Morgan fingerprint density at radius 2 is 1.83 bits per heavy atom. The van der Waals surface area contributed by atoms with Gasteiger partial charge in [0, 0.05) is 88.9 Å². The first-order chi connectivity index (χ1) is 16.8. The van der Waals surface area contributed by atoms with Gasteiger partial charge in [0.05, 0.1) is 15.7 Å². The standard InChI is InChI=1S/C21H21Cl2N3O3.C2H6N.CH5NS.Y/c22-16-9-13-15(11-26-6-4-25-5-7-26)14(21(28)29-19(13)10-18(16)27)8-12-2-1-3-17(24)20(12)23;1-3-2;1-2-3;/h1-3,9-10,25,27H,4-8,11,24H2;1-2H3;2-3H,1H3;/q;-1;;. The number of nitrogens with one attached hydrogen (secondary N) is 2. The Bertz CT molecular complexity index is 1170. The van der Waals surface area contributed by atoms with E-state index in [1.807, 2.05) is 12.1 Å². The number of halogens is 2. The minimum Gasteiger partial charge on any atom is -0.668 e. The molecule has 1 radical (unpaired) electrons. The fourth-order valence-electron chi connectivity index (χ4n) is 3.69. The Hall–Kier alpha value is -0.876. The number of phenolic OH excluding ortho intramolecular Hbond substituents is 1. The Morgan fingerprint density at radius 3 is 2.44 bits per heavy atom. The number of aromatic hydroxyl groups is 1. The molecule has 2 heterocycles. The van der Waals surface area contributed by atoms with Crippen molar-refractivity contribution in [3.8, 4) is 5.75 Å². The van der Waals surface area contributed by atoms with Crippen LogP contribution in [-0.2, 0) is 45.7 Å². The molecule has 5 N–H and O–H groups in total. The van der Waals surface area contributed by atoms with Crippen LogP contribution >= 0.6 is 36.0 Å². The normalized spacial score (nSPS) is 13.2. The summed E-state index contributed by atoms with van der Waals surface area (Å²) in [7, 11) is 5.24. The van der Waals surface area contributed by atoms with Gasteiger partial charge >= 0.3 is 5.63 Å². The Labute approximate surface area is 252 Å². The van der Waals surface area contributed by atoms with Gasteiger partial charge in [-0.15, -0.1) is 0 Å². The largest absolute Gasteiger partial charge is 0.668 e. The van der Waals surface area contributed by atoms with E-state index in [9.17, 15) is 9.90 Å². The van der Waals surface area contributed by atoms with E-state index in [0.29, 0.717) is 40.2 Å². The summed E-state index contributed by atoms with van der Waals surface area (Å²) in [5, 5.41) is 18.1. The van der Waals surface area contributed by atoms with Crippen molar-refractivity contribution in [1.29, 1.82) is 0 Å². The summed E-state index contributed by atoms with van der Waals surface area (Å²) in [4.78, 5) is 15.2. The van der Waals surface area contributed by atoms with E-state index in [0.717, 1.165) is 37.3 Å². The van der Waals surface area contributed by atoms with Gasteiger partial charge in [-0.05, 0) is 30.3 Å². The summed E-state index contributed by atoms with van der Waals surface area (Å²) >= 11 is 16.1. The fraction of sp³-hybridized carbons (Fsp3) is 0.375. The predicted molar refractivity (Wildman–Crippen MR) is 149 cm³/mol. The fourth-order valence-corrected chi connectivity index (χ4v) is 4.05. The summed E-state index contributed by atoms with van der Waals surface area (Å²) in [5.74, 6) is -0.123. The summed E-state index contributed by atoms with van der Waals surface area (Å²) in [6, 6.07) is 8.42. The van der Waals surface area contributed by atoms with Crippen molar-refractivity contribution in [2.24, 2.45) is 0 Å². The molecule has 12 heteroatoms. The van der Waals surface area contributed by atoms with Gasteiger partial charge in [0.1, 0.15) is 11.3 Å². The molecule has 36 heavy (non-hydrogen) atoms. The van der Waals surface area contributed by atoms with Crippen LogP contribution in [0.3, 0.4) is 0 Å². The second-order valence-electron chi connectivity index (χ2n) is 7.84. The monoisotopic (exact) mass is 629 g/mol. The van der Waals surface area contributed by atoms with Gasteiger partial charge in [0.25, 0.3) is 0 Å². The minimum absolute atomic E-state index is 0. The van der Waals surface area contributed by atoms with Crippen molar-refractivity contribution in [3.63, 3.8) is 0 Å². The first-order valence-electron chi connectivity index (χ1n) is 11.0. The van der Waals surface area contributed by atoms with Crippen LogP contribution in [0.25, 0.3) is 16.3 Å². The summed E-state index contributed by atoms with van der Waals surface area (Å²) in [5.41, 5.74) is 8.36. The molecule has 195 valence electrons. The number of anilines is 1. The molecule has 1 aliphatic heterocycles. The maximum atomic E-state index is 12.9. The molecule has 1 aromatic heterocycles. The van der Waals surface area contributed by atoms with Gasteiger partial charge in [-0.1, -0.05) is 48.1 Å². The Balaban J connectivity index is 0.000000845. The molecule has 1 aliphatic rings. The van der Waals surface area contributed by atoms with E-state index in [1.54, 1.807) is 33.3 Å². The van der Waals surface area contributed by atoms with Crippen LogP contribution in [0.4, 0.5) is 5.69 Å². The van der Waals surface area contributed by atoms with Crippen LogP contribution in [0.2, 0.25) is 10.0 Å². The van der Waals surface area contributed by atoms with Crippen LogP contribution in [0.5, 0.6) is 5.75 Å². The van der Waals surface area contributed by atoms with Crippen molar-refractivity contribution in [2.75, 3.05) is 53.1 Å². The third-order valence-corrected chi connectivity index (χ3v) is 6.02. The third-order valence-electron chi connectivity index (χ3n) is 5.25. The number of phenols is 1. The molecule has 0 saturated carbocycles. The smallest absolute Gasteiger partial charge is 0.340 e. The van der Waals surface area contributed by atoms with Crippen LogP contribution in [0.1, 0.15) is 16.7 Å². The van der Waals surface area contributed by atoms with E-state index < -0.39 is 5.63 Å². The first kappa shape index (κ1) is 33.2. The molecule has 1 fully saturated rings. The molecule has 4 rings (SSSR count). The van der Waals surface area contributed by atoms with Gasteiger partial charge < -0.3 is 25.9 Å². The third kappa shape index (κ3) is 9.15. The second-order valence-corrected chi connectivity index (χ2v) is 9.07. The van der Waals surface area contributed by atoms with E-state index in [2.05, 4.69) is 33.1 Å². The topological polar surface area (TPSA) is 118 Å². The number of benzene rings is 2. The van der Waals surface area contributed by atoms with Crippen molar-refractivity contribution >= 4 is 52.7 Å². The van der Waals surface area contributed by atoms with Gasteiger partial charge in [0.2, 0.25) is 0 Å². The number of nitrogen functional groups attached to an aromatic ring is 1. The minimum atomic E-state index is -0.456. The van der Waals surface area contributed by atoms with Crippen LogP contribution < -0.4 is 21.4 Å². The average Bonchev–Trinajstić information content (AvgIpc) is 2.82. The van der Waals surface area contributed by atoms with Gasteiger partial charge in [-0.25, -0.2) is 4.79 Å². The maximum Gasteiger partial charge on any atom is 0.340 e. The molecule has 8 nitrogen and oxygen atoms in total. The SMILES string of the molecule is CNS.C[N-]C.Nc1cccc(Cc2c(CN3CCNCC3)c3cc(Cl)c(O)cc3oc2=O)c1Cl.[Y]. The van der Waals surface area contributed by atoms with Gasteiger partial charge in [-0.2, -0.15) is 14.1 Å². The van der Waals surface area contributed by atoms with Crippen LogP contribution in [0, 0.1) is 0 Å². The van der Waals surface area contributed by atoms with E-state index in [-0.39, 0.29) is 43.5 Å². The zero-order valence-electron chi connectivity index (χ0n) is 20.6. The quantitative estimate of drug-likeness (QED) is 0.168. The predicted octanol–water partition coefficient (Wildman–Crippen LogP) is 4.05. The summed E-state index contributed by atoms with van der Waals surface area (Å²) in [6.07, 6.45) is 0.294. The number of hydrogen-bond donors (Lipinski definition) is 5. The summed E-state index contributed by atoms with van der Waals surface area (Å²) < 4.78 is 7.97.